The van der Waals surface area contributed by atoms with Gasteiger partial charge in [0.1, 0.15) is 4.90 Å². The Hall–Kier alpha value is -1.60. The second kappa shape index (κ2) is 6.91. The maximum absolute atomic E-state index is 12.2. The lowest BCUT2D eigenvalue weighted by atomic mass is 9.94. The van der Waals surface area contributed by atoms with Crippen LogP contribution in [-0.2, 0) is 14.8 Å². The van der Waals surface area contributed by atoms with Gasteiger partial charge in [-0.25, -0.2) is 13.1 Å². The predicted octanol–water partition coefficient (Wildman–Crippen LogP) is 1.90. The molecule has 21 heavy (non-hydrogen) atoms. The van der Waals surface area contributed by atoms with E-state index in [4.69, 9.17) is 5.11 Å². The molecule has 7 heteroatoms. The Balaban J connectivity index is 2.98. The number of carboxylic acid groups (broad SMARTS) is 1. The molecule has 118 valence electrons. The van der Waals surface area contributed by atoms with Gasteiger partial charge in [0, 0.05) is 13.1 Å². The Kier molecular flexibility index (Phi) is 5.74. The molecule has 1 aromatic carbocycles. The summed E-state index contributed by atoms with van der Waals surface area (Å²) < 4.78 is 26.9. The SMILES string of the molecule is CCCNS(=O)(=O)c1ccccc1NCC(C)(C)C(=O)O. The zero-order valence-electron chi connectivity index (χ0n) is 12.5. The number of sulfonamides is 1. The summed E-state index contributed by atoms with van der Waals surface area (Å²) in [4.78, 5) is 11.2. The van der Waals surface area contributed by atoms with Crippen LogP contribution in [0.25, 0.3) is 0 Å². The number of hydrogen-bond donors (Lipinski definition) is 3. The van der Waals surface area contributed by atoms with Gasteiger partial charge < -0.3 is 10.4 Å². The van der Waals surface area contributed by atoms with Crippen molar-refractivity contribution in [3.8, 4) is 0 Å². The number of benzene rings is 1. The van der Waals surface area contributed by atoms with Crippen LogP contribution in [0.3, 0.4) is 0 Å². The summed E-state index contributed by atoms with van der Waals surface area (Å²) in [5, 5.41) is 12.0. The molecule has 1 aromatic rings. The molecule has 0 bridgehead atoms. The Morgan fingerprint density at radius 1 is 1.29 bits per heavy atom. The number of para-hydroxylation sites is 1. The molecule has 0 unspecified atom stereocenters. The molecule has 0 spiro atoms. The zero-order chi connectivity index (χ0) is 16.1. The van der Waals surface area contributed by atoms with Crippen molar-refractivity contribution in [2.45, 2.75) is 32.1 Å². The van der Waals surface area contributed by atoms with E-state index in [-0.39, 0.29) is 11.4 Å². The Morgan fingerprint density at radius 2 is 1.90 bits per heavy atom. The van der Waals surface area contributed by atoms with Crippen LogP contribution in [0.4, 0.5) is 5.69 Å². The number of rotatable bonds is 8. The zero-order valence-corrected chi connectivity index (χ0v) is 13.3. The highest BCUT2D eigenvalue weighted by Gasteiger charge is 2.27. The van der Waals surface area contributed by atoms with Gasteiger partial charge in [0.15, 0.2) is 0 Å². The van der Waals surface area contributed by atoms with Gasteiger partial charge in [-0.3, -0.25) is 4.79 Å². The molecule has 0 amide bonds. The third-order valence-corrected chi connectivity index (χ3v) is 4.54. The number of hydrogen-bond acceptors (Lipinski definition) is 4. The lowest BCUT2D eigenvalue weighted by Crippen LogP contribution is -2.32. The number of aliphatic carboxylic acids is 1. The second-order valence-corrected chi connectivity index (χ2v) is 7.17. The van der Waals surface area contributed by atoms with Gasteiger partial charge in [0.2, 0.25) is 10.0 Å². The van der Waals surface area contributed by atoms with Crippen molar-refractivity contribution in [1.82, 2.24) is 4.72 Å². The molecular formula is C14H22N2O4S. The summed E-state index contributed by atoms with van der Waals surface area (Å²) in [7, 11) is -3.60. The highest BCUT2D eigenvalue weighted by atomic mass is 32.2. The summed E-state index contributed by atoms with van der Waals surface area (Å²) in [5.41, 5.74) is -0.594. The Labute approximate surface area is 125 Å². The fourth-order valence-electron chi connectivity index (χ4n) is 1.55. The summed E-state index contributed by atoms with van der Waals surface area (Å²) in [6.07, 6.45) is 0.695. The molecule has 0 saturated heterocycles. The van der Waals surface area contributed by atoms with E-state index in [1.54, 1.807) is 32.0 Å². The van der Waals surface area contributed by atoms with E-state index in [0.717, 1.165) is 0 Å². The first-order valence-electron chi connectivity index (χ1n) is 6.76. The van der Waals surface area contributed by atoms with E-state index in [0.29, 0.717) is 18.7 Å². The first kappa shape index (κ1) is 17.5. The Bertz CT molecular complexity index is 597. The minimum Gasteiger partial charge on any atom is -0.481 e. The summed E-state index contributed by atoms with van der Waals surface area (Å²) >= 11 is 0. The molecular weight excluding hydrogens is 292 g/mol. The van der Waals surface area contributed by atoms with Gasteiger partial charge in [-0.05, 0) is 32.4 Å². The standard InChI is InChI=1S/C14H22N2O4S/c1-4-9-16-21(19,20)12-8-6-5-7-11(12)15-10-14(2,3)13(17)18/h5-8,15-16H,4,9-10H2,1-3H3,(H,17,18). The molecule has 3 N–H and O–H groups in total. The lowest BCUT2D eigenvalue weighted by Gasteiger charge is -2.21. The average molecular weight is 314 g/mol. The molecule has 0 aliphatic heterocycles. The summed E-state index contributed by atoms with van der Waals surface area (Å²) in [6.45, 7) is 5.52. The van der Waals surface area contributed by atoms with Crippen LogP contribution in [0.2, 0.25) is 0 Å². The topological polar surface area (TPSA) is 95.5 Å². The quantitative estimate of drug-likeness (QED) is 0.681. The minimum absolute atomic E-state index is 0.125. The van der Waals surface area contributed by atoms with Crippen LogP contribution in [0.15, 0.2) is 29.2 Å². The molecule has 0 radical (unpaired) electrons. The van der Waals surface area contributed by atoms with E-state index in [9.17, 15) is 13.2 Å². The normalized spacial score (nSPS) is 12.1. The van der Waals surface area contributed by atoms with Crippen molar-refractivity contribution < 1.29 is 18.3 Å². The molecule has 0 aromatic heterocycles. The van der Waals surface area contributed by atoms with Crippen molar-refractivity contribution in [2.75, 3.05) is 18.4 Å². The van der Waals surface area contributed by atoms with Crippen LogP contribution in [0.5, 0.6) is 0 Å². The van der Waals surface area contributed by atoms with Crippen molar-refractivity contribution in [3.63, 3.8) is 0 Å². The molecule has 6 nitrogen and oxygen atoms in total. The van der Waals surface area contributed by atoms with E-state index in [1.807, 2.05) is 6.92 Å². The summed E-state index contributed by atoms with van der Waals surface area (Å²) in [5.74, 6) is -0.945. The molecule has 0 aliphatic carbocycles. The van der Waals surface area contributed by atoms with Crippen molar-refractivity contribution in [2.24, 2.45) is 5.41 Å². The smallest absolute Gasteiger partial charge is 0.310 e. The van der Waals surface area contributed by atoms with Crippen LogP contribution >= 0.6 is 0 Å². The number of carbonyl (C=O) groups is 1. The highest BCUT2D eigenvalue weighted by molar-refractivity contribution is 7.89. The van der Waals surface area contributed by atoms with Crippen molar-refractivity contribution in [1.29, 1.82) is 0 Å². The van der Waals surface area contributed by atoms with Gasteiger partial charge in [-0.15, -0.1) is 0 Å². The minimum atomic E-state index is -3.60. The average Bonchev–Trinajstić information content (AvgIpc) is 2.43. The van der Waals surface area contributed by atoms with E-state index in [1.165, 1.54) is 6.07 Å². The van der Waals surface area contributed by atoms with E-state index in [2.05, 4.69) is 10.0 Å². The van der Waals surface area contributed by atoms with Gasteiger partial charge in [0.05, 0.1) is 11.1 Å². The first-order chi connectivity index (χ1) is 9.70. The van der Waals surface area contributed by atoms with Crippen LogP contribution in [0.1, 0.15) is 27.2 Å². The maximum Gasteiger partial charge on any atom is 0.310 e. The van der Waals surface area contributed by atoms with E-state index < -0.39 is 21.4 Å². The number of nitrogens with one attached hydrogen (secondary N) is 2. The Morgan fingerprint density at radius 3 is 2.48 bits per heavy atom. The third kappa shape index (κ3) is 4.71. The van der Waals surface area contributed by atoms with Gasteiger partial charge in [-0.2, -0.15) is 0 Å². The fraction of sp³-hybridized carbons (Fsp3) is 0.500. The second-order valence-electron chi connectivity index (χ2n) is 5.44. The van der Waals surface area contributed by atoms with Crippen LogP contribution in [-0.4, -0.2) is 32.6 Å². The molecule has 0 heterocycles. The molecule has 0 aliphatic rings. The molecule has 0 fully saturated rings. The number of carboxylic acids is 1. The van der Waals surface area contributed by atoms with Crippen molar-refractivity contribution in [3.05, 3.63) is 24.3 Å². The lowest BCUT2D eigenvalue weighted by molar-refractivity contribution is -0.146. The third-order valence-electron chi connectivity index (χ3n) is 3.02. The van der Waals surface area contributed by atoms with Gasteiger partial charge in [0.25, 0.3) is 0 Å². The van der Waals surface area contributed by atoms with E-state index >= 15 is 0 Å². The molecule has 1 rings (SSSR count). The predicted molar refractivity (Wildman–Crippen MR) is 81.8 cm³/mol. The fourth-order valence-corrected chi connectivity index (χ4v) is 2.87. The van der Waals surface area contributed by atoms with Crippen molar-refractivity contribution >= 4 is 21.7 Å². The maximum atomic E-state index is 12.2. The van der Waals surface area contributed by atoms with Gasteiger partial charge >= 0.3 is 5.97 Å². The molecule has 0 saturated carbocycles. The van der Waals surface area contributed by atoms with Crippen LogP contribution in [0, 0.1) is 5.41 Å². The molecule has 0 atom stereocenters. The monoisotopic (exact) mass is 314 g/mol. The first-order valence-corrected chi connectivity index (χ1v) is 8.25. The van der Waals surface area contributed by atoms with Gasteiger partial charge in [-0.1, -0.05) is 19.1 Å². The largest absolute Gasteiger partial charge is 0.481 e. The van der Waals surface area contributed by atoms with Crippen LogP contribution < -0.4 is 10.0 Å². The summed E-state index contributed by atoms with van der Waals surface area (Å²) in [6, 6.07) is 6.45. The number of anilines is 1. The highest BCUT2D eigenvalue weighted by Crippen LogP contribution is 2.23.